The van der Waals surface area contributed by atoms with Crippen molar-refractivity contribution in [2.45, 2.75) is 13.3 Å². The Morgan fingerprint density at radius 2 is 2.12 bits per heavy atom. The summed E-state index contributed by atoms with van der Waals surface area (Å²) in [6.45, 7) is 2.01. The van der Waals surface area contributed by atoms with E-state index in [4.69, 9.17) is 5.11 Å². The molecule has 0 fully saturated rings. The van der Waals surface area contributed by atoms with E-state index >= 15 is 0 Å². The second kappa shape index (κ2) is 4.18. The number of rotatable bonds is 2. The van der Waals surface area contributed by atoms with Gasteiger partial charge in [0.25, 0.3) is 5.56 Å². The van der Waals surface area contributed by atoms with E-state index in [1.54, 1.807) is 0 Å². The average Bonchev–Trinajstić information content (AvgIpc) is 2.27. The molecule has 4 nitrogen and oxygen atoms in total. The standard InChI is InChI=1S/C12H12N2O2/c1-8-4-2-3-5-9(8)6-11-13-7-10(15)12(16)14-11/h2-5,7,15H,6H2,1H3,(H,13,14,16). The summed E-state index contributed by atoms with van der Waals surface area (Å²) in [7, 11) is 0. The molecule has 0 radical (unpaired) electrons. The van der Waals surface area contributed by atoms with Crippen molar-refractivity contribution in [2.24, 2.45) is 0 Å². The first kappa shape index (κ1) is 10.4. The third kappa shape index (κ3) is 2.11. The number of aromatic nitrogens is 2. The summed E-state index contributed by atoms with van der Waals surface area (Å²) in [5, 5.41) is 9.06. The number of benzene rings is 1. The fraction of sp³-hybridized carbons (Fsp3) is 0.167. The van der Waals surface area contributed by atoms with Gasteiger partial charge in [-0.25, -0.2) is 4.98 Å². The molecule has 4 heteroatoms. The van der Waals surface area contributed by atoms with Crippen LogP contribution in [-0.4, -0.2) is 15.1 Å². The smallest absolute Gasteiger partial charge is 0.293 e. The number of nitrogens with one attached hydrogen (secondary N) is 1. The topological polar surface area (TPSA) is 66.0 Å². The zero-order valence-corrected chi connectivity index (χ0v) is 8.90. The van der Waals surface area contributed by atoms with E-state index in [1.807, 2.05) is 31.2 Å². The number of aryl methyl sites for hydroxylation is 1. The summed E-state index contributed by atoms with van der Waals surface area (Å²) in [5.74, 6) is 0.200. The minimum Gasteiger partial charge on any atom is -0.502 e. The Morgan fingerprint density at radius 3 is 2.81 bits per heavy atom. The Bertz CT molecular complexity index is 561. The molecule has 0 aliphatic carbocycles. The first-order valence-corrected chi connectivity index (χ1v) is 4.98. The van der Waals surface area contributed by atoms with Gasteiger partial charge < -0.3 is 10.1 Å². The lowest BCUT2D eigenvalue weighted by molar-refractivity contribution is 0.462. The molecule has 0 atom stereocenters. The highest BCUT2D eigenvalue weighted by Crippen LogP contribution is 2.10. The normalized spacial score (nSPS) is 10.3. The van der Waals surface area contributed by atoms with Crippen molar-refractivity contribution in [3.63, 3.8) is 0 Å². The maximum absolute atomic E-state index is 11.2. The van der Waals surface area contributed by atoms with Crippen LogP contribution in [0, 0.1) is 6.92 Å². The summed E-state index contributed by atoms with van der Waals surface area (Å²) >= 11 is 0. The van der Waals surface area contributed by atoms with E-state index in [0.29, 0.717) is 12.2 Å². The quantitative estimate of drug-likeness (QED) is 0.796. The molecule has 0 saturated heterocycles. The monoisotopic (exact) mass is 216 g/mol. The second-order valence-corrected chi connectivity index (χ2v) is 3.65. The van der Waals surface area contributed by atoms with Gasteiger partial charge in [0.15, 0.2) is 5.75 Å². The molecule has 2 rings (SSSR count). The van der Waals surface area contributed by atoms with Crippen LogP contribution in [0.5, 0.6) is 5.75 Å². The summed E-state index contributed by atoms with van der Waals surface area (Å²) in [6.07, 6.45) is 1.73. The van der Waals surface area contributed by atoms with Gasteiger partial charge in [0.05, 0.1) is 6.20 Å². The number of nitrogens with zero attached hydrogens (tertiary/aromatic N) is 1. The van der Waals surface area contributed by atoms with Crippen LogP contribution in [0.2, 0.25) is 0 Å². The fourth-order valence-electron chi connectivity index (χ4n) is 1.50. The number of hydrogen-bond donors (Lipinski definition) is 2. The zero-order valence-electron chi connectivity index (χ0n) is 8.90. The third-order valence-corrected chi connectivity index (χ3v) is 2.45. The van der Waals surface area contributed by atoms with E-state index in [1.165, 1.54) is 6.20 Å². The molecule has 0 spiro atoms. The van der Waals surface area contributed by atoms with Crippen LogP contribution >= 0.6 is 0 Å². The van der Waals surface area contributed by atoms with Gasteiger partial charge in [-0.1, -0.05) is 24.3 Å². The molecule has 2 aromatic rings. The van der Waals surface area contributed by atoms with Crippen molar-refractivity contribution in [1.29, 1.82) is 0 Å². The van der Waals surface area contributed by atoms with Gasteiger partial charge >= 0.3 is 0 Å². The zero-order chi connectivity index (χ0) is 11.5. The van der Waals surface area contributed by atoms with Crippen LogP contribution in [0.1, 0.15) is 17.0 Å². The van der Waals surface area contributed by atoms with Crippen LogP contribution in [-0.2, 0) is 6.42 Å². The lowest BCUT2D eigenvalue weighted by Crippen LogP contribution is -2.10. The van der Waals surface area contributed by atoms with Crippen molar-refractivity contribution in [3.8, 4) is 5.75 Å². The van der Waals surface area contributed by atoms with Crippen LogP contribution < -0.4 is 5.56 Å². The highest BCUT2D eigenvalue weighted by atomic mass is 16.3. The van der Waals surface area contributed by atoms with Gasteiger partial charge in [-0.2, -0.15) is 0 Å². The number of H-pyrrole nitrogens is 1. The van der Waals surface area contributed by atoms with E-state index in [-0.39, 0.29) is 5.75 Å². The Hall–Kier alpha value is -2.10. The third-order valence-electron chi connectivity index (χ3n) is 2.45. The first-order valence-electron chi connectivity index (χ1n) is 4.98. The molecule has 2 N–H and O–H groups in total. The van der Waals surface area contributed by atoms with E-state index in [9.17, 15) is 4.79 Å². The Labute approximate surface area is 92.6 Å². The van der Waals surface area contributed by atoms with Crippen LogP contribution in [0.3, 0.4) is 0 Å². The highest BCUT2D eigenvalue weighted by molar-refractivity contribution is 5.28. The largest absolute Gasteiger partial charge is 0.502 e. The molecular formula is C12H12N2O2. The lowest BCUT2D eigenvalue weighted by Gasteiger charge is -2.04. The fourth-order valence-corrected chi connectivity index (χ4v) is 1.50. The van der Waals surface area contributed by atoms with Gasteiger partial charge in [0, 0.05) is 6.42 Å². The van der Waals surface area contributed by atoms with E-state index in [0.717, 1.165) is 11.1 Å². The molecular weight excluding hydrogens is 204 g/mol. The molecule has 0 aliphatic heterocycles. The van der Waals surface area contributed by atoms with Crippen molar-refractivity contribution in [1.82, 2.24) is 9.97 Å². The Balaban J connectivity index is 2.31. The summed E-state index contributed by atoms with van der Waals surface area (Å²) < 4.78 is 0. The first-order chi connectivity index (χ1) is 7.66. The minimum absolute atomic E-state index is 0.353. The SMILES string of the molecule is Cc1ccccc1Cc1ncc(O)c(=O)[nH]1. The Morgan fingerprint density at radius 1 is 1.38 bits per heavy atom. The molecule has 1 heterocycles. The highest BCUT2D eigenvalue weighted by Gasteiger charge is 2.03. The maximum atomic E-state index is 11.2. The molecule has 1 aromatic carbocycles. The summed E-state index contributed by atoms with van der Waals surface area (Å²) in [4.78, 5) is 17.7. The molecule has 0 aliphatic rings. The molecule has 0 unspecified atom stereocenters. The molecule has 0 saturated carbocycles. The van der Waals surface area contributed by atoms with Gasteiger partial charge in [0.2, 0.25) is 0 Å². The van der Waals surface area contributed by atoms with Crippen molar-refractivity contribution < 1.29 is 5.11 Å². The van der Waals surface area contributed by atoms with Gasteiger partial charge in [0.1, 0.15) is 5.82 Å². The molecule has 82 valence electrons. The predicted molar refractivity (Wildman–Crippen MR) is 60.5 cm³/mol. The maximum Gasteiger partial charge on any atom is 0.293 e. The minimum atomic E-state index is -0.501. The van der Waals surface area contributed by atoms with Gasteiger partial charge in [-0.15, -0.1) is 0 Å². The van der Waals surface area contributed by atoms with E-state index in [2.05, 4.69) is 9.97 Å². The van der Waals surface area contributed by atoms with Crippen LogP contribution in [0.15, 0.2) is 35.3 Å². The van der Waals surface area contributed by atoms with Gasteiger partial charge in [-0.05, 0) is 18.1 Å². The second-order valence-electron chi connectivity index (χ2n) is 3.65. The summed E-state index contributed by atoms with van der Waals surface area (Å²) in [6, 6.07) is 7.91. The lowest BCUT2D eigenvalue weighted by atomic mass is 10.1. The number of hydrogen-bond acceptors (Lipinski definition) is 3. The van der Waals surface area contributed by atoms with Crippen molar-refractivity contribution >= 4 is 0 Å². The van der Waals surface area contributed by atoms with Gasteiger partial charge in [-0.3, -0.25) is 4.79 Å². The predicted octanol–water partition coefficient (Wildman–Crippen LogP) is 1.37. The molecule has 0 amide bonds. The van der Waals surface area contributed by atoms with Crippen LogP contribution in [0.25, 0.3) is 0 Å². The van der Waals surface area contributed by atoms with E-state index < -0.39 is 5.56 Å². The summed E-state index contributed by atoms with van der Waals surface area (Å²) in [5.41, 5.74) is 1.76. The van der Waals surface area contributed by atoms with Crippen LogP contribution in [0.4, 0.5) is 0 Å². The van der Waals surface area contributed by atoms with Crippen molar-refractivity contribution in [3.05, 3.63) is 57.8 Å². The number of aromatic amines is 1. The average molecular weight is 216 g/mol. The molecule has 1 aromatic heterocycles. The Kier molecular flexibility index (Phi) is 2.72. The van der Waals surface area contributed by atoms with Crippen molar-refractivity contribution in [2.75, 3.05) is 0 Å². The molecule has 0 bridgehead atoms. The molecule has 16 heavy (non-hydrogen) atoms. The number of aromatic hydroxyl groups is 1.